The van der Waals surface area contributed by atoms with E-state index >= 15 is 0 Å². The maximum atomic E-state index is 13.6. The second kappa shape index (κ2) is 7.57. The molecule has 1 aliphatic carbocycles. The quantitative estimate of drug-likeness (QED) is 0.330. The van der Waals surface area contributed by atoms with Gasteiger partial charge < -0.3 is 0 Å². The number of rotatable bonds is 5. The first-order valence-corrected chi connectivity index (χ1v) is 11.3. The Morgan fingerprint density at radius 3 is 2.85 bits per heavy atom. The lowest BCUT2D eigenvalue weighted by Crippen LogP contribution is -2.23. The topological polar surface area (TPSA) is 34.9 Å². The van der Waals surface area contributed by atoms with E-state index in [-0.39, 0.29) is 5.56 Å². The zero-order valence-electron chi connectivity index (χ0n) is 15.4. The van der Waals surface area contributed by atoms with Gasteiger partial charge in [-0.1, -0.05) is 43.3 Å². The van der Waals surface area contributed by atoms with E-state index in [4.69, 9.17) is 4.98 Å². The van der Waals surface area contributed by atoms with Gasteiger partial charge in [0, 0.05) is 10.6 Å². The number of hydrogen-bond acceptors (Lipinski definition) is 4. The molecule has 0 aliphatic heterocycles. The van der Waals surface area contributed by atoms with E-state index in [0.29, 0.717) is 0 Å². The lowest BCUT2D eigenvalue weighted by molar-refractivity contribution is 0.699. The molecule has 0 atom stereocenters. The Bertz CT molecular complexity index is 1000. The SMILES string of the molecule is CCCCSc1nc2sc3c(c2c(=O)n1-c1ccccc1C)CCCC3. The summed E-state index contributed by atoms with van der Waals surface area (Å²) in [6, 6.07) is 8.12. The summed E-state index contributed by atoms with van der Waals surface area (Å²) in [5, 5.41) is 1.71. The number of unbranched alkanes of at least 4 members (excludes halogenated alkanes) is 1. The van der Waals surface area contributed by atoms with Crippen LogP contribution in [0.2, 0.25) is 0 Å². The average molecular weight is 385 g/mol. The van der Waals surface area contributed by atoms with Gasteiger partial charge in [0.1, 0.15) is 4.83 Å². The summed E-state index contributed by atoms with van der Waals surface area (Å²) >= 11 is 3.45. The number of benzene rings is 1. The van der Waals surface area contributed by atoms with Crippen molar-refractivity contribution in [1.82, 2.24) is 9.55 Å². The van der Waals surface area contributed by atoms with E-state index in [1.165, 1.54) is 23.3 Å². The fraction of sp³-hybridized carbons (Fsp3) is 0.429. The monoisotopic (exact) mass is 384 g/mol. The maximum absolute atomic E-state index is 13.6. The maximum Gasteiger partial charge on any atom is 0.267 e. The van der Waals surface area contributed by atoms with Crippen LogP contribution in [0.15, 0.2) is 34.2 Å². The third-order valence-corrected chi connectivity index (χ3v) is 7.25. The number of nitrogens with zero attached hydrogens (tertiary/aromatic N) is 2. The minimum atomic E-state index is 0.114. The van der Waals surface area contributed by atoms with Crippen LogP contribution in [0.4, 0.5) is 0 Å². The highest BCUT2D eigenvalue weighted by atomic mass is 32.2. The van der Waals surface area contributed by atoms with Crippen LogP contribution in [-0.4, -0.2) is 15.3 Å². The molecule has 0 fully saturated rings. The van der Waals surface area contributed by atoms with Gasteiger partial charge in [0.15, 0.2) is 5.16 Å². The fourth-order valence-corrected chi connectivity index (χ4v) is 6.01. The largest absolute Gasteiger partial charge is 0.268 e. The molecule has 4 rings (SSSR count). The first kappa shape index (κ1) is 17.8. The van der Waals surface area contributed by atoms with Crippen molar-refractivity contribution < 1.29 is 0 Å². The van der Waals surface area contributed by atoms with Gasteiger partial charge in [0.05, 0.1) is 11.1 Å². The van der Waals surface area contributed by atoms with Crippen LogP contribution < -0.4 is 5.56 Å². The Morgan fingerprint density at radius 2 is 2.04 bits per heavy atom. The molecule has 26 heavy (non-hydrogen) atoms. The summed E-state index contributed by atoms with van der Waals surface area (Å²) in [5.74, 6) is 0.991. The van der Waals surface area contributed by atoms with Crippen LogP contribution in [-0.2, 0) is 12.8 Å². The molecule has 0 saturated carbocycles. The summed E-state index contributed by atoms with van der Waals surface area (Å²) in [7, 11) is 0. The van der Waals surface area contributed by atoms with E-state index in [2.05, 4.69) is 19.9 Å². The highest BCUT2D eigenvalue weighted by Crippen LogP contribution is 2.35. The smallest absolute Gasteiger partial charge is 0.267 e. The number of para-hydroxylation sites is 1. The van der Waals surface area contributed by atoms with Gasteiger partial charge >= 0.3 is 0 Å². The van der Waals surface area contributed by atoms with Crippen molar-refractivity contribution >= 4 is 33.3 Å². The van der Waals surface area contributed by atoms with Crippen molar-refractivity contribution in [2.45, 2.75) is 57.5 Å². The molecule has 5 heteroatoms. The molecular formula is C21H24N2OS2. The molecule has 0 saturated heterocycles. The minimum Gasteiger partial charge on any atom is -0.268 e. The first-order chi connectivity index (χ1) is 12.7. The Labute approximate surface area is 162 Å². The lowest BCUT2D eigenvalue weighted by Gasteiger charge is -2.15. The van der Waals surface area contributed by atoms with Crippen molar-refractivity contribution in [1.29, 1.82) is 0 Å². The summed E-state index contributed by atoms with van der Waals surface area (Å²) in [4.78, 5) is 20.9. The number of aromatic nitrogens is 2. The summed E-state index contributed by atoms with van der Waals surface area (Å²) in [6.07, 6.45) is 6.80. The molecule has 0 unspecified atom stereocenters. The number of hydrogen-bond donors (Lipinski definition) is 0. The Kier molecular flexibility index (Phi) is 5.18. The minimum absolute atomic E-state index is 0.114. The predicted octanol–water partition coefficient (Wildman–Crippen LogP) is 5.53. The molecule has 0 spiro atoms. The van der Waals surface area contributed by atoms with Crippen LogP contribution in [0.25, 0.3) is 15.9 Å². The van der Waals surface area contributed by atoms with Crippen LogP contribution in [0, 0.1) is 6.92 Å². The van der Waals surface area contributed by atoms with Crippen LogP contribution >= 0.6 is 23.1 Å². The van der Waals surface area contributed by atoms with Crippen molar-refractivity contribution in [3.05, 3.63) is 50.6 Å². The molecule has 1 aromatic carbocycles. The lowest BCUT2D eigenvalue weighted by atomic mass is 9.97. The van der Waals surface area contributed by atoms with E-state index in [9.17, 15) is 4.79 Å². The van der Waals surface area contributed by atoms with Crippen LogP contribution in [0.5, 0.6) is 0 Å². The van der Waals surface area contributed by atoms with Gasteiger partial charge in [-0.3, -0.25) is 9.36 Å². The van der Waals surface area contributed by atoms with E-state index in [1.807, 2.05) is 22.8 Å². The summed E-state index contributed by atoms with van der Waals surface area (Å²) in [6.45, 7) is 4.26. The Morgan fingerprint density at radius 1 is 1.23 bits per heavy atom. The van der Waals surface area contributed by atoms with Crippen LogP contribution in [0.3, 0.4) is 0 Å². The molecule has 1 aliphatic rings. The Balaban J connectivity index is 1.96. The van der Waals surface area contributed by atoms with Gasteiger partial charge in [-0.15, -0.1) is 11.3 Å². The van der Waals surface area contributed by atoms with Crippen molar-refractivity contribution in [2.24, 2.45) is 0 Å². The Hall–Kier alpha value is -1.59. The fourth-order valence-electron chi connectivity index (χ4n) is 3.62. The summed E-state index contributed by atoms with van der Waals surface area (Å²) < 4.78 is 1.86. The molecule has 0 bridgehead atoms. The third kappa shape index (κ3) is 3.12. The number of fused-ring (bicyclic) bond motifs is 3. The summed E-state index contributed by atoms with van der Waals surface area (Å²) in [5.41, 5.74) is 3.45. The number of aryl methyl sites for hydroxylation is 3. The zero-order chi connectivity index (χ0) is 18.1. The van der Waals surface area contributed by atoms with Crippen molar-refractivity contribution in [3.8, 4) is 5.69 Å². The molecule has 3 nitrogen and oxygen atoms in total. The van der Waals surface area contributed by atoms with Gasteiger partial charge in [-0.05, 0) is 56.2 Å². The molecule has 3 aromatic rings. The van der Waals surface area contributed by atoms with Gasteiger partial charge in [-0.2, -0.15) is 0 Å². The molecule has 2 heterocycles. The first-order valence-electron chi connectivity index (χ1n) is 9.46. The number of thiophene rings is 1. The highest BCUT2D eigenvalue weighted by Gasteiger charge is 2.23. The second-order valence-corrected chi connectivity index (χ2v) is 9.06. The van der Waals surface area contributed by atoms with E-state index in [0.717, 1.165) is 58.1 Å². The third-order valence-electron chi connectivity index (χ3n) is 5.04. The highest BCUT2D eigenvalue weighted by molar-refractivity contribution is 7.99. The number of thioether (sulfide) groups is 1. The second-order valence-electron chi connectivity index (χ2n) is 6.91. The van der Waals surface area contributed by atoms with Gasteiger partial charge in [0.2, 0.25) is 0 Å². The van der Waals surface area contributed by atoms with E-state index < -0.39 is 0 Å². The van der Waals surface area contributed by atoms with Crippen molar-refractivity contribution in [3.63, 3.8) is 0 Å². The zero-order valence-corrected chi connectivity index (χ0v) is 17.0. The standard InChI is InChI=1S/C21H24N2OS2/c1-3-4-13-25-21-22-19-18(15-10-6-8-12-17(15)26-19)20(24)23(21)16-11-7-5-9-14(16)2/h5,7,9,11H,3-4,6,8,10,12-13H2,1-2H3. The molecule has 136 valence electrons. The molecule has 0 radical (unpaired) electrons. The van der Waals surface area contributed by atoms with Gasteiger partial charge in [0.25, 0.3) is 5.56 Å². The molecular weight excluding hydrogens is 360 g/mol. The molecule has 0 N–H and O–H groups in total. The van der Waals surface area contributed by atoms with Gasteiger partial charge in [-0.25, -0.2) is 4.98 Å². The van der Waals surface area contributed by atoms with E-state index in [1.54, 1.807) is 23.1 Å². The predicted molar refractivity (Wildman–Crippen MR) is 112 cm³/mol. The normalized spacial score (nSPS) is 13.9. The molecule has 2 aromatic heterocycles. The van der Waals surface area contributed by atoms with Crippen LogP contribution in [0.1, 0.15) is 48.6 Å². The van der Waals surface area contributed by atoms with Crippen molar-refractivity contribution in [2.75, 3.05) is 5.75 Å². The molecule has 0 amide bonds. The average Bonchev–Trinajstić information content (AvgIpc) is 3.02.